The number of aromatic amines is 1. The summed E-state index contributed by atoms with van der Waals surface area (Å²) in [5, 5.41) is 67.6. The topological polar surface area (TPSA) is 156 Å². The summed E-state index contributed by atoms with van der Waals surface area (Å²) in [6, 6.07) is 18.4. The highest BCUT2D eigenvalue weighted by molar-refractivity contribution is 5.64. The molecule has 0 spiro atoms. The Morgan fingerprint density at radius 3 is 2.39 bits per heavy atom. The van der Waals surface area contributed by atoms with Crippen molar-refractivity contribution in [3.63, 3.8) is 0 Å². The van der Waals surface area contributed by atoms with E-state index in [2.05, 4.69) is 35.3 Å². The Hall–Kier alpha value is -4.02. The number of phenols is 3. The van der Waals surface area contributed by atoms with Crippen molar-refractivity contribution in [3.8, 4) is 23.0 Å². The number of H-pyrrole nitrogens is 1. The molecule has 1 aliphatic heterocycles. The highest BCUT2D eigenvalue weighted by atomic mass is 16.5. The van der Waals surface area contributed by atoms with E-state index in [0.717, 1.165) is 61.1 Å². The quantitative estimate of drug-likeness (QED) is 0.0705. The molecule has 7 N–H and O–H groups in total. The van der Waals surface area contributed by atoms with Gasteiger partial charge in [-0.25, -0.2) is 0 Å². The number of aliphatic hydroxyl groups is 3. The van der Waals surface area contributed by atoms with Crippen LogP contribution < -0.4 is 4.74 Å². The number of methoxy groups -OCH3 is 1. The lowest BCUT2D eigenvalue weighted by Crippen LogP contribution is -2.44. The number of hydrogen-bond acceptors (Lipinski definition) is 8. The third-order valence-electron chi connectivity index (χ3n) is 14.5. The second-order valence-corrected chi connectivity index (χ2v) is 17.6. The van der Waals surface area contributed by atoms with Crippen LogP contribution in [0.25, 0.3) is 0 Å². The number of rotatable bonds is 12. The molecular formula is C48H61NO8. The fraction of sp³-hybridized carbons (Fsp3) is 0.542. The van der Waals surface area contributed by atoms with Gasteiger partial charge in [0.25, 0.3) is 0 Å². The van der Waals surface area contributed by atoms with Crippen molar-refractivity contribution >= 4 is 0 Å². The lowest BCUT2D eigenvalue weighted by molar-refractivity contribution is -0.154. The second kappa shape index (κ2) is 17.5. The summed E-state index contributed by atoms with van der Waals surface area (Å²) in [5.74, 6) is 1.09. The van der Waals surface area contributed by atoms with Gasteiger partial charge in [-0.05, 0) is 121 Å². The van der Waals surface area contributed by atoms with Gasteiger partial charge in [-0.1, -0.05) is 68.1 Å². The Balaban J connectivity index is 1.06. The summed E-state index contributed by atoms with van der Waals surface area (Å²) >= 11 is 0. The minimum Gasteiger partial charge on any atom is -0.508 e. The van der Waals surface area contributed by atoms with Gasteiger partial charge in [0.05, 0.1) is 38.1 Å². The van der Waals surface area contributed by atoms with Crippen molar-refractivity contribution < 1.29 is 40.1 Å². The number of benzene rings is 3. The minimum absolute atomic E-state index is 0.0658. The summed E-state index contributed by atoms with van der Waals surface area (Å²) in [4.78, 5) is 3.07. The van der Waals surface area contributed by atoms with Crippen molar-refractivity contribution in [2.24, 2.45) is 23.7 Å². The van der Waals surface area contributed by atoms with Crippen LogP contribution in [0.1, 0.15) is 134 Å². The highest BCUT2D eigenvalue weighted by Crippen LogP contribution is 2.54. The van der Waals surface area contributed by atoms with Crippen LogP contribution in [0.2, 0.25) is 0 Å². The molecule has 8 rings (SSSR count). The fourth-order valence-corrected chi connectivity index (χ4v) is 11.5. The van der Waals surface area contributed by atoms with E-state index in [9.17, 15) is 30.6 Å². The first-order valence-electron chi connectivity index (χ1n) is 21.5. The maximum absolute atomic E-state index is 11.8. The molecule has 9 atom stereocenters. The van der Waals surface area contributed by atoms with E-state index in [0.29, 0.717) is 42.1 Å². The second-order valence-electron chi connectivity index (χ2n) is 17.6. The molecular weight excluding hydrogens is 719 g/mol. The number of nitrogens with one attached hydrogen (secondary N) is 1. The maximum atomic E-state index is 11.8. The zero-order chi connectivity index (χ0) is 39.6. The minimum atomic E-state index is -0.661. The molecule has 9 heteroatoms. The number of aromatic hydroxyl groups is 3. The Bertz CT molecular complexity index is 1940. The van der Waals surface area contributed by atoms with E-state index in [4.69, 9.17) is 9.47 Å². The van der Waals surface area contributed by atoms with Gasteiger partial charge in [-0.2, -0.15) is 0 Å². The Morgan fingerprint density at radius 2 is 1.65 bits per heavy atom. The molecule has 0 amide bonds. The predicted octanol–water partition coefficient (Wildman–Crippen LogP) is 8.68. The van der Waals surface area contributed by atoms with Crippen molar-refractivity contribution in [3.05, 3.63) is 106 Å². The van der Waals surface area contributed by atoms with Crippen LogP contribution in [0.3, 0.4) is 0 Å². The molecule has 0 unspecified atom stereocenters. The molecule has 9 nitrogen and oxygen atoms in total. The Kier molecular flexibility index (Phi) is 12.2. The van der Waals surface area contributed by atoms with Gasteiger partial charge in [0.1, 0.15) is 5.75 Å². The normalized spacial score (nSPS) is 28.6. The van der Waals surface area contributed by atoms with Gasteiger partial charge in [-0.15, -0.1) is 0 Å². The van der Waals surface area contributed by atoms with Gasteiger partial charge < -0.3 is 45.1 Å². The number of hydrogen-bond donors (Lipinski definition) is 7. The molecule has 1 saturated heterocycles. The first-order chi connectivity index (χ1) is 27.7. The van der Waals surface area contributed by atoms with E-state index >= 15 is 0 Å². The lowest BCUT2D eigenvalue weighted by atomic mass is 9.64. The van der Waals surface area contributed by atoms with E-state index < -0.39 is 36.4 Å². The molecule has 3 aromatic carbocycles. The molecule has 4 fully saturated rings. The average molecular weight is 780 g/mol. The van der Waals surface area contributed by atoms with Gasteiger partial charge in [0.2, 0.25) is 5.75 Å². The molecule has 1 aromatic heterocycles. The summed E-state index contributed by atoms with van der Waals surface area (Å²) < 4.78 is 12.6. The maximum Gasteiger partial charge on any atom is 0.201 e. The number of aliphatic hydroxyl groups excluding tert-OH is 3. The number of ether oxygens (including phenoxy) is 2. The van der Waals surface area contributed by atoms with Crippen LogP contribution in [0, 0.1) is 23.7 Å². The highest BCUT2D eigenvalue weighted by Gasteiger charge is 2.45. The SMILES string of the molecule is COc1c(O)c(O)c(CO)c([C@@H]2C[C@H](O)[C@H]3CC[C@@H](c4ccc(O)c([C@@H]5C[C@H](C6CCCC6)CC[C@H]5[C@H](O)CCc5ccccc5)c4)C[C@@H]3O2)c1Cc1cc[nH]c1. The number of phenolic OH excluding ortho intramolecular Hbond substituents is 2. The van der Waals surface area contributed by atoms with Gasteiger partial charge >= 0.3 is 0 Å². The van der Waals surface area contributed by atoms with E-state index in [1.807, 2.05) is 36.7 Å². The van der Waals surface area contributed by atoms with Crippen molar-refractivity contribution in [2.45, 2.75) is 133 Å². The van der Waals surface area contributed by atoms with Gasteiger partial charge in [0.15, 0.2) is 11.5 Å². The average Bonchev–Trinajstić information content (AvgIpc) is 3.97. The van der Waals surface area contributed by atoms with Gasteiger partial charge in [-0.3, -0.25) is 0 Å². The first-order valence-corrected chi connectivity index (χ1v) is 21.5. The number of fused-ring (bicyclic) bond motifs is 1. The Labute approximate surface area is 336 Å². The standard InChI is InChI=1S/C48H61NO8/c1-56-48-38(21-29-19-20-49-26-29)45(39(27-50)46(54)47(48)55)44-25-42(53)35-16-13-33(24-43(35)57-44)32-14-18-41(52)37(23-32)36-22-31(30-9-5-6-10-30)12-15-34(36)40(51)17-11-28-7-3-2-4-8-28/h2-4,7-8,14,18-20,23,26,30-31,33-36,40,42-44,49-55H,5-6,9-13,15-17,21-22,24-25,27H2,1H3/t31-,33-,34-,35-,36-,40-,42+,43+,44+/m1/s1. The summed E-state index contributed by atoms with van der Waals surface area (Å²) in [5.41, 5.74) is 5.59. The number of aromatic nitrogens is 1. The third kappa shape index (κ3) is 8.18. The smallest absolute Gasteiger partial charge is 0.201 e. The van der Waals surface area contributed by atoms with Crippen molar-refractivity contribution in [2.75, 3.05) is 7.11 Å². The van der Waals surface area contributed by atoms with Gasteiger partial charge in [0, 0.05) is 42.3 Å². The predicted molar refractivity (Wildman–Crippen MR) is 219 cm³/mol. The van der Waals surface area contributed by atoms with Crippen molar-refractivity contribution in [1.29, 1.82) is 0 Å². The van der Waals surface area contributed by atoms with Crippen LogP contribution in [-0.4, -0.2) is 61.0 Å². The van der Waals surface area contributed by atoms with E-state index in [-0.39, 0.29) is 47.5 Å². The molecule has 0 bridgehead atoms. The zero-order valence-electron chi connectivity index (χ0n) is 33.2. The molecule has 4 aliphatic rings. The molecule has 3 saturated carbocycles. The number of aryl methyl sites for hydroxylation is 1. The summed E-state index contributed by atoms with van der Waals surface area (Å²) in [6.07, 6.45) is 14.3. The molecule has 2 heterocycles. The van der Waals surface area contributed by atoms with Crippen LogP contribution >= 0.6 is 0 Å². The largest absolute Gasteiger partial charge is 0.508 e. The first kappa shape index (κ1) is 39.8. The third-order valence-corrected chi connectivity index (χ3v) is 14.5. The fourth-order valence-electron chi connectivity index (χ4n) is 11.5. The molecule has 3 aliphatic carbocycles. The lowest BCUT2D eigenvalue weighted by Gasteiger charge is -2.46. The van der Waals surface area contributed by atoms with Crippen molar-refractivity contribution in [1.82, 2.24) is 4.98 Å². The Morgan fingerprint density at radius 1 is 0.842 bits per heavy atom. The molecule has 0 radical (unpaired) electrons. The van der Waals surface area contributed by atoms with Crippen LogP contribution in [0.4, 0.5) is 0 Å². The van der Waals surface area contributed by atoms with Crippen LogP contribution in [0.15, 0.2) is 67.0 Å². The van der Waals surface area contributed by atoms with Crippen LogP contribution in [0.5, 0.6) is 23.0 Å². The van der Waals surface area contributed by atoms with Crippen LogP contribution in [-0.2, 0) is 24.2 Å². The summed E-state index contributed by atoms with van der Waals surface area (Å²) in [6.45, 7) is -0.521. The molecule has 57 heavy (non-hydrogen) atoms. The zero-order valence-corrected chi connectivity index (χ0v) is 33.2. The molecule has 306 valence electrons. The van der Waals surface area contributed by atoms with E-state index in [1.54, 1.807) is 0 Å². The summed E-state index contributed by atoms with van der Waals surface area (Å²) in [7, 11) is 1.44. The van der Waals surface area contributed by atoms with E-state index in [1.165, 1.54) is 38.4 Å². The monoisotopic (exact) mass is 779 g/mol. The molecule has 4 aromatic rings.